The van der Waals surface area contributed by atoms with E-state index in [2.05, 4.69) is 45.0 Å². The molecule has 0 aliphatic heterocycles. The molecular weight excluding hydrogens is 584 g/mol. The lowest BCUT2D eigenvalue weighted by molar-refractivity contribution is 0.0970. The normalized spacial score (nSPS) is 12.2. The zero-order valence-corrected chi connectivity index (χ0v) is 27.0. The van der Waals surface area contributed by atoms with E-state index in [0.717, 1.165) is 44.9 Å². The second-order valence-corrected chi connectivity index (χ2v) is 13.8. The first-order chi connectivity index (χ1) is 19.7. The van der Waals surface area contributed by atoms with Crippen molar-refractivity contribution >= 4 is 20.2 Å². The molecule has 2 N–H and O–H groups in total. The van der Waals surface area contributed by atoms with Crippen LogP contribution in [0.3, 0.4) is 0 Å². The van der Waals surface area contributed by atoms with Crippen LogP contribution in [0, 0.1) is 27.7 Å². The molecule has 0 heterocycles. The van der Waals surface area contributed by atoms with Crippen LogP contribution in [0.5, 0.6) is 11.5 Å². The van der Waals surface area contributed by atoms with Gasteiger partial charge in [0.2, 0.25) is 0 Å². The molecule has 0 spiro atoms. The number of unbranched alkanes of at least 4 members (excludes halogenated alkanes) is 2. The van der Waals surface area contributed by atoms with Gasteiger partial charge in [0, 0.05) is 30.3 Å². The monoisotopic (exact) mass is 630 g/mol. The van der Waals surface area contributed by atoms with E-state index >= 15 is 0 Å². The Hall–Kier alpha value is -2.22. The maximum absolute atomic E-state index is 10.8. The number of benzene rings is 2. The topological polar surface area (TPSA) is 146 Å². The molecule has 0 aliphatic carbocycles. The average Bonchev–Trinajstić information content (AvgIpc) is 2.86. The lowest BCUT2D eigenvalue weighted by Gasteiger charge is -2.24. The fourth-order valence-electron chi connectivity index (χ4n) is 4.77. The van der Waals surface area contributed by atoms with Crippen LogP contribution >= 0.6 is 0 Å². The Kier molecular flexibility index (Phi) is 14.7. The maximum atomic E-state index is 10.8. The number of ether oxygens (including phenoxy) is 4. The van der Waals surface area contributed by atoms with Gasteiger partial charge in [0.1, 0.15) is 24.7 Å². The molecule has 2 aromatic carbocycles. The number of aryl methyl sites for hydroxylation is 4. The lowest BCUT2D eigenvalue weighted by Crippen LogP contribution is -2.13. The van der Waals surface area contributed by atoms with Crippen LogP contribution in [0.25, 0.3) is 0 Å². The molecule has 0 atom stereocenters. The lowest BCUT2D eigenvalue weighted by atomic mass is 9.87. The highest BCUT2D eigenvalue weighted by Gasteiger charge is 2.22. The second-order valence-electron chi connectivity index (χ2n) is 10.6. The fraction of sp³-hybridized carbons (Fsp3) is 0.600. The van der Waals surface area contributed by atoms with Crippen LogP contribution in [-0.2, 0) is 29.7 Å². The van der Waals surface area contributed by atoms with Gasteiger partial charge in [-0.15, -0.1) is 0 Å². The molecule has 42 heavy (non-hydrogen) atoms. The molecule has 0 bridgehead atoms. The summed E-state index contributed by atoms with van der Waals surface area (Å²) in [4.78, 5) is 0. The van der Waals surface area contributed by atoms with E-state index in [1.165, 1.54) is 0 Å². The quantitative estimate of drug-likeness (QED) is 0.148. The van der Waals surface area contributed by atoms with Gasteiger partial charge in [0.15, 0.2) is 0 Å². The molecule has 238 valence electrons. The summed E-state index contributed by atoms with van der Waals surface area (Å²) in [5, 5.41) is 0. The van der Waals surface area contributed by atoms with Gasteiger partial charge < -0.3 is 18.9 Å². The third-order valence-electron chi connectivity index (χ3n) is 6.66. The third-order valence-corrected chi connectivity index (χ3v) is 8.27. The molecule has 0 aliphatic rings. The molecule has 0 aromatic heterocycles. The highest BCUT2D eigenvalue weighted by molar-refractivity contribution is 7.86. The highest BCUT2D eigenvalue weighted by atomic mass is 32.2. The Labute approximate surface area is 251 Å². The summed E-state index contributed by atoms with van der Waals surface area (Å²) < 4.78 is 84.6. The number of hydrogen-bond acceptors (Lipinski definition) is 8. The first-order valence-electron chi connectivity index (χ1n) is 14.2. The number of hydrogen-bond donors (Lipinski definition) is 2. The minimum atomic E-state index is -3.95. The summed E-state index contributed by atoms with van der Waals surface area (Å²) in [6.45, 7) is 12.4. The second kappa shape index (κ2) is 17.2. The van der Waals surface area contributed by atoms with Gasteiger partial charge in [-0.2, -0.15) is 16.8 Å². The van der Waals surface area contributed by atoms with Gasteiger partial charge in [0.25, 0.3) is 20.2 Å². The molecule has 10 nitrogen and oxygen atoms in total. The largest absolute Gasteiger partial charge is 0.491 e. The van der Waals surface area contributed by atoms with E-state index < -0.39 is 20.2 Å². The molecule has 2 aromatic rings. The summed E-state index contributed by atoms with van der Waals surface area (Å²) in [6, 6.07) is 8.41. The summed E-state index contributed by atoms with van der Waals surface area (Å²) in [7, 11) is -7.89. The smallest absolute Gasteiger partial charge is 0.264 e. The third kappa shape index (κ3) is 13.4. The van der Waals surface area contributed by atoms with Crippen molar-refractivity contribution in [2.24, 2.45) is 0 Å². The van der Waals surface area contributed by atoms with E-state index in [9.17, 15) is 16.8 Å². The molecular formula is C30H46O10S2. The first-order valence-corrected chi connectivity index (χ1v) is 17.4. The van der Waals surface area contributed by atoms with Gasteiger partial charge in [-0.05, 0) is 64.5 Å². The minimum Gasteiger partial charge on any atom is -0.491 e. The van der Waals surface area contributed by atoms with Crippen LogP contribution in [-0.4, -0.2) is 77.1 Å². The molecule has 12 heteroatoms. The Morgan fingerprint density at radius 1 is 0.595 bits per heavy atom. The van der Waals surface area contributed by atoms with E-state index in [1.54, 1.807) is 0 Å². The fourth-order valence-corrected chi connectivity index (χ4v) is 5.90. The van der Waals surface area contributed by atoms with Crippen molar-refractivity contribution in [2.45, 2.75) is 66.2 Å². The van der Waals surface area contributed by atoms with Crippen molar-refractivity contribution < 1.29 is 44.9 Å². The van der Waals surface area contributed by atoms with Crippen molar-refractivity contribution in [3.63, 3.8) is 0 Å². The Bertz CT molecular complexity index is 1250. The predicted molar refractivity (Wildman–Crippen MR) is 163 cm³/mol. The van der Waals surface area contributed by atoms with Crippen molar-refractivity contribution in [3.8, 4) is 11.5 Å². The van der Waals surface area contributed by atoms with E-state index in [-0.39, 0.29) is 17.4 Å². The Morgan fingerprint density at radius 3 is 1.33 bits per heavy atom. The minimum absolute atomic E-state index is 0.0464. The summed E-state index contributed by atoms with van der Waals surface area (Å²) in [5.41, 5.74) is 6.33. The van der Waals surface area contributed by atoms with Crippen LogP contribution in [0.4, 0.5) is 0 Å². The van der Waals surface area contributed by atoms with Gasteiger partial charge in [-0.25, -0.2) is 0 Å². The predicted octanol–water partition coefficient (Wildman–Crippen LogP) is 5.20. The first kappa shape index (κ1) is 36.0. The number of rotatable bonds is 20. The van der Waals surface area contributed by atoms with Crippen molar-refractivity contribution in [3.05, 3.63) is 57.6 Å². The molecule has 2 rings (SSSR count). The zero-order valence-electron chi connectivity index (χ0n) is 25.3. The SMILES string of the molecule is Cc1cc(C)c(OCCOCCCCS(=O)(=O)O)c(C(C)c2cc(C)cc(C)c2OCCOCCCCS(=O)(=O)O)c1. The highest BCUT2D eigenvalue weighted by Crippen LogP contribution is 2.40. The molecule has 0 saturated carbocycles. The van der Waals surface area contributed by atoms with E-state index in [1.807, 2.05) is 13.8 Å². The van der Waals surface area contributed by atoms with Gasteiger partial charge in [-0.1, -0.05) is 42.3 Å². The summed E-state index contributed by atoms with van der Waals surface area (Å²) in [5.74, 6) is 0.999. The van der Waals surface area contributed by atoms with E-state index in [0.29, 0.717) is 65.3 Å². The van der Waals surface area contributed by atoms with Crippen LogP contribution in [0.2, 0.25) is 0 Å². The van der Waals surface area contributed by atoms with Crippen molar-refractivity contribution in [2.75, 3.05) is 51.1 Å². The van der Waals surface area contributed by atoms with Gasteiger partial charge in [-0.3, -0.25) is 9.11 Å². The Balaban J connectivity index is 2.04. The van der Waals surface area contributed by atoms with Crippen LogP contribution in [0.1, 0.15) is 71.9 Å². The van der Waals surface area contributed by atoms with Gasteiger partial charge in [0.05, 0.1) is 24.7 Å². The van der Waals surface area contributed by atoms with Crippen molar-refractivity contribution in [1.29, 1.82) is 0 Å². The van der Waals surface area contributed by atoms with Crippen LogP contribution < -0.4 is 9.47 Å². The van der Waals surface area contributed by atoms with Gasteiger partial charge >= 0.3 is 0 Å². The summed E-state index contributed by atoms with van der Waals surface area (Å²) >= 11 is 0. The molecule has 0 radical (unpaired) electrons. The Morgan fingerprint density at radius 2 is 0.976 bits per heavy atom. The molecule has 0 amide bonds. The molecule has 0 unspecified atom stereocenters. The van der Waals surface area contributed by atoms with E-state index in [4.69, 9.17) is 28.1 Å². The van der Waals surface area contributed by atoms with Crippen LogP contribution in [0.15, 0.2) is 24.3 Å². The average molecular weight is 631 g/mol. The maximum Gasteiger partial charge on any atom is 0.264 e. The van der Waals surface area contributed by atoms with Crippen molar-refractivity contribution in [1.82, 2.24) is 0 Å². The standard InChI is InChI=1S/C30H46O10S2/c1-22-18-24(3)29(39-14-12-37-10-6-8-16-41(31,32)33)27(20-22)26(5)28-21-23(2)19-25(4)30(28)40-15-13-38-11-7-9-17-42(34,35)36/h18-21,26H,6-17H2,1-5H3,(H,31,32,33)(H,34,35,36). The summed E-state index contributed by atoms with van der Waals surface area (Å²) in [6.07, 6.45) is 1.73. The molecule has 0 fully saturated rings. The molecule has 0 saturated heterocycles. The zero-order chi connectivity index (χ0) is 31.3.